The summed E-state index contributed by atoms with van der Waals surface area (Å²) in [5.74, 6) is 0.194. The Hall–Kier alpha value is -2.40. The predicted octanol–water partition coefficient (Wildman–Crippen LogP) is 5.15. The maximum atomic E-state index is 12.6. The van der Waals surface area contributed by atoms with Gasteiger partial charge in [0.1, 0.15) is 5.65 Å². The smallest absolute Gasteiger partial charge is 0.390 e. The van der Waals surface area contributed by atoms with Gasteiger partial charge >= 0.3 is 6.18 Å². The number of aliphatic hydroxyl groups excluding tert-OH is 1. The van der Waals surface area contributed by atoms with Gasteiger partial charge in [-0.15, -0.1) is 12.4 Å². The van der Waals surface area contributed by atoms with E-state index in [1.54, 1.807) is 6.20 Å². The third-order valence-electron chi connectivity index (χ3n) is 7.45. The van der Waals surface area contributed by atoms with Gasteiger partial charge in [-0.25, -0.2) is 4.98 Å². The number of alkyl halides is 3. The topological polar surface area (TPSA) is 78.2 Å². The van der Waals surface area contributed by atoms with E-state index < -0.39 is 12.6 Å². The molecule has 1 atom stereocenters. The van der Waals surface area contributed by atoms with Gasteiger partial charge in [-0.1, -0.05) is 24.3 Å². The molecule has 0 unspecified atom stereocenters. The van der Waals surface area contributed by atoms with Crippen LogP contribution >= 0.6 is 12.4 Å². The molecule has 1 aliphatic heterocycles. The van der Waals surface area contributed by atoms with Gasteiger partial charge in [0.05, 0.1) is 12.5 Å². The van der Waals surface area contributed by atoms with Crippen LogP contribution < -0.4 is 10.6 Å². The van der Waals surface area contributed by atoms with Crippen LogP contribution in [0.3, 0.4) is 0 Å². The number of piperazine rings is 1. The van der Waals surface area contributed by atoms with Gasteiger partial charge in [-0.2, -0.15) is 18.2 Å². The lowest BCUT2D eigenvalue weighted by atomic mass is 9.93. The van der Waals surface area contributed by atoms with Gasteiger partial charge in [0.15, 0.2) is 0 Å². The van der Waals surface area contributed by atoms with E-state index in [-0.39, 0.29) is 37.0 Å². The average molecular weight is 553 g/mol. The Balaban J connectivity index is 0.00000336. The summed E-state index contributed by atoms with van der Waals surface area (Å²) in [5, 5.41) is 17.1. The van der Waals surface area contributed by atoms with E-state index in [0.717, 1.165) is 68.4 Å². The third-order valence-corrected chi connectivity index (χ3v) is 7.45. The molecule has 2 aromatic heterocycles. The lowest BCUT2D eigenvalue weighted by Crippen LogP contribution is -2.48. The molecule has 1 saturated carbocycles. The van der Waals surface area contributed by atoms with Crippen LogP contribution in [0.25, 0.3) is 22.2 Å². The third kappa shape index (κ3) is 6.97. The molecule has 208 valence electrons. The molecule has 1 aliphatic carbocycles. The highest BCUT2D eigenvalue weighted by Gasteiger charge is 2.27. The largest absolute Gasteiger partial charge is 0.393 e. The molecule has 7 nitrogen and oxygen atoms in total. The van der Waals surface area contributed by atoms with E-state index in [0.29, 0.717) is 11.7 Å². The van der Waals surface area contributed by atoms with Crippen molar-refractivity contribution in [1.29, 1.82) is 0 Å². The van der Waals surface area contributed by atoms with Crippen LogP contribution in [-0.4, -0.2) is 69.0 Å². The maximum absolute atomic E-state index is 12.6. The summed E-state index contributed by atoms with van der Waals surface area (Å²) in [6, 6.07) is 9.24. The fourth-order valence-electron chi connectivity index (χ4n) is 5.48. The normalized spacial score (nSPS) is 22.8. The fraction of sp³-hybridized carbons (Fsp3) is 0.556. The number of rotatable bonds is 7. The molecule has 1 aromatic carbocycles. The second kappa shape index (κ2) is 12.2. The number of nitrogens with one attached hydrogen (secondary N) is 2. The summed E-state index contributed by atoms with van der Waals surface area (Å²) >= 11 is 0. The number of aromatic nitrogens is 3. The molecule has 1 saturated heterocycles. The average Bonchev–Trinajstić information content (AvgIpc) is 3.23. The van der Waals surface area contributed by atoms with Crippen molar-refractivity contribution in [2.75, 3.05) is 31.5 Å². The van der Waals surface area contributed by atoms with Gasteiger partial charge in [0.2, 0.25) is 5.95 Å². The minimum Gasteiger partial charge on any atom is -0.393 e. The molecule has 3 aromatic rings. The van der Waals surface area contributed by atoms with E-state index in [9.17, 15) is 18.3 Å². The first-order chi connectivity index (χ1) is 17.7. The second-order valence-electron chi connectivity index (χ2n) is 10.4. The zero-order valence-electron chi connectivity index (χ0n) is 21.5. The van der Waals surface area contributed by atoms with E-state index in [4.69, 9.17) is 0 Å². The Morgan fingerprint density at radius 2 is 1.87 bits per heavy atom. The highest BCUT2D eigenvalue weighted by molar-refractivity contribution is 5.94. The zero-order valence-corrected chi connectivity index (χ0v) is 22.4. The summed E-state index contributed by atoms with van der Waals surface area (Å²) in [4.78, 5) is 11.4. The van der Waals surface area contributed by atoms with Crippen molar-refractivity contribution < 1.29 is 18.3 Å². The number of hydrogen-bond donors (Lipinski definition) is 3. The summed E-state index contributed by atoms with van der Waals surface area (Å²) in [5.41, 5.74) is 4.03. The standard InChI is InChI=1S/C27H35F3N6O.ClH/c1-18-15-35(13-12-31-18)16-19-2-4-20(5-3-19)24-17-36(21-6-8-22(37)9-7-21)25-23(24)14-33-26(34-25)32-11-10-27(28,29)30;/h2-5,14,17-18,21-22,31,37H,6-13,15-16H2,1H3,(H,32,33,34);1H/t18-,21-,22-;/m1./s1. The van der Waals surface area contributed by atoms with Crippen molar-refractivity contribution in [3.8, 4) is 11.1 Å². The minimum atomic E-state index is -4.23. The van der Waals surface area contributed by atoms with Crippen LogP contribution in [-0.2, 0) is 6.54 Å². The number of anilines is 1. The Labute approximate surface area is 227 Å². The van der Waals surface area contributed by atoms with E-state index in [2.05, 4.69) is 67.5 Å². The highest BCUT2D eigenvalue weighted by Crippen LogP contribution is 2.37. The SMILES string of the molecule is C[C@@H]1CN(Cc2ccc(-c3cn([C@H]4CC[C@H](O)CC4)c4nc(NCCC(F)(F)F)ncc34)cc2)CCN1.Cl. The van der Waals surface area contributed by atoms with Crippen LogP contribution in [0.2, 0.25) is 0 Å². The van der Waals surface area contributed by atoms with Gasteiger partial charge in [-0.05, 0) is 43.7 Å². The van der Waals surface area contributed by atoms with Crippen molar-refractivity contribution in [1.82, 2.24) is 24.8 Å². The molecular weight excluding hydrogens is 517 g/mol. The van der Waals surface area contributed by atoms with Crippen molar-refractivity contribution in [3.05, 3.63) is 42.2 Å². The van der Waals surface area contributed by atoms with Gasteiger partial charge in [0, 0.05) is 68.2 Å². The zero-order chi connectivity index (χ0) is 26.0. The number of nitrogens with zero attached hydrogens (tertiary/aromatic N) is 4. The number of aliphatic hydroxyl groups is 1. The van der Waals surface area contributed by atoms with Crippen molar-refractivity contribution in [3.63, 3.8) is 0 Å². The van der Waals surface area contributed by atoms with Crippen LogP contribution in [0, 0.1) is 0 Å². The highest BCUT2D eigenvalue weighted by atomic mass is 35.5. The number of halogens is 4. The lowest BCUT2D eigenvalue weighted by Gasteiger charge is -2.31. The Morgan fingerprint density at radius 1 is 1.13 bits per heavy atom. The van der Waals surface area contributed by atoms with Crippen LogP contribution in [0.4, 0.5) is 19.1 Å². The molecule has 0 amide bonds. The van der Waals surface area contributed by atoms with Gasteiger partial charge < -0.3 is 20.3 Å². The molecule has 0 bridgehead atoms. The second-order valence-corrected chi connectivity index (χ2v) is 10.4. The molecule has 0 spiro atoms. The number of hydrogen-bond acceptors (Lipinski definition) is 6. The number of benzene rings is 1. The number of fused-ring (bicyclic) bond motifs is 1. The Morgan fingerprint density at radius 3 is 2.55 bits per heavy atom. The van der Waals surface area contributed by atoms with Crippen LogP contribution in [0.15, 0.2) is 36.7 Å². The summed E-state index contributed by atoms with van der Waals surface area (Å²) in [6.07, 6.45) is 1.44. The maximum Gasteiger partial charge on any atom is 0.390 e. The molecule has 0 radical (unpaired) electrons. The molecule has 2 aliphatic rings. The quantitative estimate of drug-likeness (QED) is 0.376. The molecule has 5 rings (SSSR count). The summed E-state index contributed by atoms with van der Waals surface area (Å²) in [7, 11) is 0. The predicted molar refractivity (Wildman–Crippen MR) is 146 cm³/mol. The Bertz CT molecular complexity index is 1190. The molecule has 3 N–H and O–H groups in total. The van der Waals surface area contributed by atoms with Gasteiger partial charge in [-0.3, -0.25) is 4.90 Å². The molecule has 11 heteroatoms. The van der Waals surface area contributed by atoms with Crippen molar-refractivity contribution >= 4 is 29.4 Å². The first-order valence-electron chi connectivity index (χ1n) is 13.2. The lowest BCUT2D eigenvalue weighted by molar-refractivity contribution is -0.131. The van der Waals surface area contributed by atoms with Crippen LogP contribution in [0.1, 0.15) is 50.6 Å². The van der Waals surface area contributed by atoms with E-state index in [1.807, 2.05) is 0 Å². The Kier molecular flexibility index (Phi) is 9.18. The van der Waals surface area contributed by atoms with E-state index >= 15 is 0 Å². The first-order valence-corrected chi connectivity index (χ1v) is 13.2. The summed E-state index contributed by atoms with van der Waals surface area (Å²) in [6.45, 7) is 5.91. The minimum absolute atomic E-state index is 0. The molecule has 3 heterocycles. The summed E-state index contributed by atoms with van der Waals surface area (Å²) < 4.78 is 39.9. The van der Waals surface area contributed by atoms with Crippen molar-refractivity contribution in [2.24, 2.45) is 0 Å². The molecule has 2 fully saturated rings. The molecule has 38 heavy (non-hydrogen) atoms. The fourth-order valence-corrected chi connectivity index (χ4v) is 5.48. The monoisotopic (exact) mass is 552 g/mol. The molecular formula is C27H36ClF3N6O. The van der Waals surface area contributed by atoms with E-state index in [1.165, 1.54) is 5.56 Å². The van der Waals surface area contributed by atoms with Crippen LogP contribution in [0.5, 0.6) is 0 Å². The first kappa shape index (κ1) is 28.6. The van der Waals surface area contributed by atoms with Crippen molar-refractivity contribution in [2.45, 2.75) is 69.9 Å². The van der Waals surface area contributed by atoms with Gasteiger partial charge in [0.25, 0.3) is 0 Å².